The molecule has 0 unspecified atom stereocenters. The summed E-state index contributed by atoms with van der Waals surface area (Å²) in [4.78, 5) is 11.9. The summed E-state index contributed by atoms with van der Waals surface area (Å²) in [5, 5.41) is 11.6. The molecule has 17 heavy (non-hydrogen) atoms. The molecule has 1 aromatic carbocycles. The molecule has 0 aromatic heterocycles. The lowest BCUT2D eigenvalue weighted by molar-refractivity contribution is 0.0951. The van der Waals surface area contributed by atoms with Gasteiger partial charge < -0.3 is 10.4 Å². The van der Waals surface area contributed by atoms with Gasteiger partial charge in [-0.05, 0) is 30.9 Å². The maximum Gasteiger partial charge on any atom is 0.252 e. The molecule has 88 valence electrons. The predicted molar refractivity (Wildman–Crippen MR) is 65.5 cm³/mol. The molecule has 0 aliphatic heterocycles. The van der Waals surface area contributed by atoms with Crippen molar-refractivity contribution in [3.05, 3.63) is 35.4 Å². The summed E-state index contributed by atoms with van der Waals surface area (Å²) in [5.74, 6) is 5.93. The van der Waals surface area contributed by atoms with Crippen molar-refractivity contribution >= 4 is 5.91 Å². The number of benzene rings is 1. The highest BCUT2D eigenvalue weighted by Crippen LogP contribution is 2.27. The van der Waals surface area contributed by atoms with Crippen LogP contribution in [0.15, 0.2) is 24.3 Å². The number of aliphatic hydroxyl groups is 1. The molecule has 0 atom stereocenters. The Morgan fingerprint density at radius 1 is 1.41 bits per heavy atom. The molecule has 1 amide bonds. The van der Waals surface area contributed by atoms with Gasteiger partial charge >= 0.3 is 0 Å². The minimum Gasteiger partial charge on any atom is -0.384 e. The van der Waals surface area contributed by atoms with E-state index in [1.54, 1.807) is 12.1 Å². The van der Waals surface area contributed by atoms with Gasteiger partial charge in [-0.15, -0.1) is 0 Å². The third-order valence-electron chi connectivity index (χ3n) is 2.72. The number of carbonyl (C=O) groups is 1. The van der Waals surface area contributed by atoms with Crippen LogP contribution in [0, 0.1) is 17.8 Å². The quantitative estimate of drug-likeness (QED) is 0.764. The van der Waals surface area contributed by atoms with E-state index in [1.165, 1.54) is 12.8 Å². The van der Waals surface area contributed by atoms with Crippen molar-refractivity contribution in [2.75, 3.05) is 13.2 Å². The van der Waals surface area contributed by atoms with Crippen LogP contribution >= 0.6 is 0 Å². The highest BCUT2D eigenvalue weighted by molar-refractivity contribution is 5.96. The van der Waals surface area contributed by atoms with Crippen LogP contribution in [-0.4, -0.2) is 24.2 Å². The Balaban J connectivity index is 2.09. The van der Waals surface area contributed by atoms with E-state index in [4.69, 9.17) is 5.11 Å². The molecular weight excluding hydrogens is 214 g/mol. The monoisotopic (exact) mass is 229 g/mol. The Kier molecular flexibility index (Phi) is 3.79. The first-order valence-corrected chi connectivity index (χ1v) is 5.78. The van der Waals surface area contributed by atoms with Gasteiger partial charge in [0.25, 0.3) is 5.91 Å². The number of aliphatic hydroxyl groups excluding tert-OH is 1. The molecule has 1 saturated carbocycles. The second-order valence-corrected chi connectivity index (χ2v) is 4.16. The van der Waals surface area contributed by atoms with E-state index in [2.05, 4.69) is 17.2 Å². The fraction of sp³-hybridized carbons (Fsp3) is 0.357. The second kappa shape index (κ2) is 5.51. The van der Waals surface area contributed by atoms with Crippen molar-refractivity contribution in [3.8, 4) is 11.8 Å². The lowest BCUT2D eigenvalue weighted by atomic mass is 10.1. The van der Waals surface area contributed by atoms with Crippen molar-refractivity contribution in [1.29, 1.82) is 0 Å². The van der Waals surface area contributed by atoms with Crippen LogP contribution in [0.1, 0.15) is 28.8 Å². The minimum absolute atomic E-state index is 0.0836. The molecule has 0 spiro atoms. The summed E-state index contributed by atoms with van der Waals surface area (Å²) < 4.78 is 0. The van der Waals surface area contributed by atoms with E-state index in [9.17, 15) is 4.79 Å². The summed E-state index contributed by atoms with van der Waals surface area (Å²) in [5.41, 5.74) is 1.24. The largest absolute Gasteiger partial charge is 0.384 e. The zero-order valence-electron chi connectivity index (χ0n) is 9.57. The minimum atomic E-state index is -0.196. The average Bonchev–Trinajstić information content (AvgIpc) is 3.18. The first-order chi connectivity index (χ1) is 8.31. The van der Waals surface area contributed by atoms with Gasteiger partial charge in [-0.1, -0.05) is 24.0 Å². The molecule has 2 N–H and O–H groups in total. The van der Waals surface area contributed by atoms with E-state index in [0.717, 1.165) is 6.54 Å². The topological polar surface area (TPSA) is 49.3 Å². The van der Waals surface area contributed by atoms with Crippen molar-refractivity contribution < 1.29 is 9.90 Å². The highest BCUT2D eigenvalue weighted by Gasteiger charge is 2.22. The molecule has 1 aliphatic rings. The van der Waals surface area contributed by atoms with Gasteiger partial charge in [-0.25, -0.2) is 0 Å². The van der Waals surface area contributed by atoms with Gasteiger partial charge in [0.2, 0.25) is 0 Å². The number of hydrogen-bond donors (Lipinski definition) is 2. The van der Waals surface area contributed by atoms with Gasteiger partial charge in [0.1, 0.15) is 6.61 Å². The Bertz CT molecular complexity index is 467. The van der Waals surface area contributed by atoms with Crippen LogP contribution in [0.4, 0.5) is 0 Å². The van der Waals surface area contributed by atoms with E-state index < -0.39 is 0 Å². The molecular formula is C14H15NO2. The van der Waals surface area contributed by atoms with Crippen LogP contribution in [-0.2, 0) is 0 Å². The van der Waals surface area contributed by atoms with Crippen LogP contribution in [0.5, 0.6) is 0 Å². The van der Waals surface area contributed by atoms with E-state index in [-0.39, 0.29) is 12.5 Å². The number of amides is 1. The third kappa shape index (κ3) is 3.33. The maximum absolute atomic E-state index is 11.9. The number of hydrogen-bond acceptors (Lipinski definition) is 2. The highest BCUT2D eigenvalue weighted by atomic mass is 16.2. The molecule has 0 heterocycles. The maximum atomic E-state index is 11.9. The van der Waals surface area contributed by atoms with Crippen molar-refractivity contribution in [3.63, 3.8) is 0 Å². The summed E-state index contributed by atoms with van der Waals surface area (Å²) in [7, 11) is 0. The van der Waals surface area contributed by atoms with Crippen LogP contribution in [0.25, 0.3) is 0 Å². The summed E-state index contributed by atoms with van der Waals surface area (Å²) >= 11 is 0. The SMILES string of the molecule is O=C(NCC1CC1)c1ccccc1C#CCO. The molecule has 0 radical (unpaired) electrons. The van der Waals surface area contributed by atoms with Gasteiger partial charge in [0.15, 0.2) is 0 Å². The van der Waals surface area contributed by atoms with E-state index >= 15 is 0 Å². The van der Waals surface area contributed by atoms with E-state index in [0.29, 0.717) is 17.0 Å². The summed E-state index contributed by atoms with van der Waals surface area (Å²) in [6, 6.07) is 7.19. The van der Waals surface area contributed by atoms with Gasteiger partial charge in [0, 0.05) is 12.1 Å². The smallest absolute Gasteiger partial charge is 0.252 e. The molecule has 1 fully saturated rings. The van der Waals surface area contributed by atoms with E-state index in [1.807, 2.05) is 12.1 Å². The standard InChI is InChI=1S/C14H15NO2/c16-9-3-5-12-4-1-2-6-13(12)14(17)15-10-11-7-8-11/h1-2,4,6,11,16H,7-10H2,(H,15,17). The van der Waals surface area contributed by atoms with Crippen LogP contribution < -0.4 is 5.32 Å². The van der Waals surface area contributed by atoms with Gasteiger partial charge in [-0.3, -0.25) is 4.79 Å². The predicted octanol–water partition coefficient (Wildman–Crippen LogP) is 1.17. The molecule has 1 aromatic rings. The fourth-order valence-corrected chi connectivity index (χ4v) is 1.58. The van der Waals surface area contributed by atoms with Crippen LogP contribution in [0.2, 0.25) is 0 Å². The number of carbonyl (C=O) groups excluding carboxylic acids is 1. The normalized spacial score (nSPS) is 13.7. The van der Waals surface area contributed by atoms with Gasteiger partial charge in [0.05, 0.1) is 5.56 Å². The average molecular weight is 229 g/mol. The Morgan fingerprint density at radius 3 is 2.88 bits per heavy atom. The lowest BCUT2D eigenvalue weighted by Crippen LogP contribution is -2.26. The van der Waals surface area contributed by atoms with Crippen molar-refractivity contribution in [1.82, 2.24) is 5.32 Å². The first-order valence-electron chi connectivity index (χ1n) is 5.78. The zero-order valence-corrected chi connectivity index (χ0v) is 9.57. The molecule has 0 bridgehead atoms. The summed E-state index contributed by atoms with van der Waals surface area (Å²) in [6.07, 6.45) is 2.43. The number of nitrogens with one attached hydrogen (secondary N) is 1. The Labute approximate surface area is 101 Å². The fourth-order valence-electron chi connectivity index (χ4n) is 1.58. The number of rotatable bonds is 3. The molecule has 0 saturated heterocycles. The third-order valence-corrected chi connectivity index (χ3v) is 2.72. The van der Waals surface area contributed by atoms with Crippen molar-refractivity contribution in [2.45, 2.75) is 12.8 Å². The van der Waals surface area contributed by atoms with Crippen LogP contribution in [0.3, 0.4) is 0 Å². The Hall–Kier alpha value is -1.79. The molecule has 3 heteroatoms. The summed E-state index contributed by atoms with van der Waals surface area (Å²) in [6.45, 7) is 0.554. The Morgan fingerprint density at radius 2 is 2.18 bits per heavy atom. The van der Waals surface area contributed by atoms with Crippen molar-refractivity contribution in [2.24, 2.45) is 5.92 Å². The molecule has 2 rings (SSSR count). The lowest BCUT2D eigenvalue weighted by Gasteiger charge is -2.05. The zero-order chi connectivity index (χ0) is 12.1. The molecule has 1 aliphatic carbocycles. The molecule has 3 nitrogen and oxygen atoms in total. The second-order valence-electron chi connectivity index (χ2n) is 4.16. The van der Waals surface area contributed by atoms with Gasteiger partial charge in [-0.2, -0.15) is 0 Å². The first kappa shape index (κ1) is 11.7.